The number of rotatable bonds is 7. The summed E-state index contributed by atoms with van der Waals surface area (Å²) in [6.07, 6.45) is -0.610. The highest BCUT2D eigenvalue weighted by molar-refractivity contribution is 14.1. The van der Waals surface area contributed by atoms with Gasteiger partial charge in [-0.05, 0) is 65.9 Å². The number of carbonyl (C=O) groups is 2. The van der Waals surface area contributed by atoms with Gasteiger partial charge in [0, 0.05) is 28.0 Å². The summed E-state index contributed by atoms with van der Waals surface area (Å²) in [7, 11) is 1.36. The number of carboxylic acid groups (broad SMARTS) is 1. The number of phenolic OH excluding ortho intramolecular Hbond substituents is 1. The highest BCUT2D eigenvalue weighted by Gasteiger charge is 2.28. The molecule has 0 aromatic heterocycles. The molecule has 2 rings (SSSR count). The lowest BCUT2D eigenvalue weighted by molar-refractivity contribution is -0.131. The first-order valence-electron chi connectivity index (χ1n) is 8.26. The second kappa shape index (κ2) is 10.1. The SMILES string of the molecule is CO[C@H](/C=C/C(=O)O)[C@H](OC(=O)Nc1ccc(C)cc1)c1cc(I)ccc1O. The van der Waals surface area contributed by atoms with Crippen molar-refractivity contribution in [2.24, 2.45) is 0 Å². The Labute approximate surface area is 176 Å². The molecule has 8 heteroatoms. The first kappa shape index (κ1) is 21.7. The molecule has 2 aromatic rings. The number of ether oxygens (including phenoxy) is 2. The van der Waals surface area contributed by atoms with Gasteiger partial charge in [-0.3, -0.25) is 5.32 Å². The summed E-state index contributed by atoms with van der Waals surface area (Å²) < 4.78 is 11.6. The number of halogens is 1. The minimum Gasteiger partial charge on any atom is -0.508 e. The Morgan fingerprint density at radius 2 is 1.86 bits per heavy atom. The average molecular weight is 497 g/mol. The van der Waals surface area contributed by atoms with Gasteiger partial charge in [-0.25, -0.2) is 9.59 Å². The lowest BCUT2D eigenvalue weighted by atomic mass is 10.0. The van der Waals surface area contributed by atoms with E-state index in [1.807, 2.05) is 19.1 Å². The van der Waals surface area contributed by atoms with Crippen molar-refractivity contribution in [1.29, 1.82) is 0 Å². The van der Waals surface area contributed by atoms with Crippen molar-refractivity contribution in [3.8, 4) is 5.75 Å². The number of benzene rings is 2. The van der Waals surface area contributed by atoms with Crippen LogP contribution in [0.25, 0.3) is 0 Å². The molecule has 0 bridgehead atoms. The molecular formula is C20H20INO6. The summed E-state index contributed by atoms with van der Waals surface area (Å²) >= 11 is 2.06. The zero-order valence-electron chi connectivity index (χ0n) is 15.3. The van der Waals surface area contributed by atoms with Crippen LogP contribution in [0.1, 0.15) is 17.2 Å². The van der Waals surface area contributed by atoms with Crippen LogP contribution in [0.5, 0.6) is 5.75 Å². The minimum atomic E-state index is -1.17. The number of methoxy groups -OCH3 is 1. The summed E-state index contributed by atoms with van der Waals surface area (Å²) in [6, 6.07) is 11.9. The average Bonchev–Trinajstić information content (AvgIpc) is 2.65. The maximum atomic E-state index is 12.4. The third-order valence-corrected chi connectivity index (χ3v) is 4.50. The van der Waals surface area contributed by atoms with E-state index in [9.17, 15) is 14.7 Å². The van der Waals surface area contributed by atoms with E-state index in [2.05, 4.69) is 27.9 Å². The number of carboxylic acids is 1. The molecule has 0 spiro atoms. The van der Waals surface area contributed by atoms with Gasteiger partial charge in [-0.1, -0.05) is 17.7 Å². The third kappa shape index (κ3) is 6.24. The van der Waals surface area contributed by atoms with Crippen LogP contribution in [-0.4, -0.2) is 35.5 Å². The first-order chi connectivity index (χ1) is 13.3. The molecule has 0 radical (unpaired) electrons. The van der Waals surface area contributed by atoms with Gasteiger partial charge in [0.2, 0.25) is 0 Å². The summed E-state index contributed by atoms with van der Waals surface area (Å²) in [5.74, 6) is -1.27. The lowest BCUT2D eigenvalue weighted by Crippen LogP contribution is -2.27. The molecular weight excluding hydrogens is 477 g/mol. The second-order valence-electron chi connectivity index (χ2n) is 5.92. The van der Waals surface area contributed by atoms with E-state index in [0.717, 1.165) is 15.2 Å². The fourth-order valence-electron chi connectivity index (χ4n) is 2.44. The van der Waals surface area contributed by atoms with Gasteiger partial charge in [-0.2, -0.15) is 0 Å². The highest BCUT2D eigenvalue weighted by Crippen LogP contribution is 2.33. The van der Waals surface area contributed by atoms with Crippen LogP contribution in [0.4, 0.5) is 10.5 Å². The van der Waals surface area contributed by atoms with Crippen molar-refractivity contribution in [2.75, 3.05) is 12.4 Å². The van der Waals surface area contributed by atoms with E-state index in [4.69, 9.17) is 14.6 Å². The molecule has 148 valence electrons. The Morgan fingerprint density at radius 1 is 1.18 bits per heavy atom. The Morgan fingerprint density at radius 3 is 2.46 bits per heavy atom. The van der Waals surface area contributed by atoms with Gasteiger partial charge >= 0.3 is 12.1 Å². The monoisotopic (exact) mass is 497 g/mol. The molecule has 0 heterocycles. The van der Waals surface area contributed by atoms with E-state index in [1.165, 1.54) is 19.3 Å². The highest BCUT2D eigenvalue weighted by atomic mass is 127. The number of anilines is 1. The van der Waals surface area contributed by atoms with E-state index in [1.54, 1.807) is 24.3 Å². The molecule has 2 atom stereocenters. The molecule has 0 saturated heterocycles. The predicted molar refractivity (Wildman–Crippen MR) is 112 cm³/mol. The van der Waals surface area contributed by atoms with E-state index < -0.39 is 24.3 Å². The summed E-state index contributed by atoms with van der Waals surface area (Å²) in [4.78, 5) is 23.3. The summed E-state index contributed by atoms with van der Waals surface area (Å²) in [6.45, 7) is 1.93. The van der Waals surface area contributed by atoms with Gasteiger partial charge in [0.15, 0.2) is 6.10 Å². The Bertz CT molecular complexity index is 865. The third-order valence-electron chi connectivity index (χ3n) is 3.83. The minimum absolute atomic E-state index is 0.0978. The topological polar surface area (TPSA) is 105 Å². The number of hydrogen-bond donors (Lipinski definition) is 3. The van der Waals surface area contributed by atoms with Crippen LogP contribution in [0, 0.1) is 10.5 Å². The number of hydrogen-bond acceptors (Lipinski definition) is 5. The van der Waals surface area contributed by atoms with Crippen molar-refractivity contribution in [2.45, 2.75) is 19.1 Å². The van der Waals surface area contributed by atoms with Crippen LogP contribution in [0.2, 0.25) is 0 Å². The number of amides is 1. The largest absolute Gasteiger partial charge is 0.508 e. The van der Waals surface area contributed by atoms with Crippen LogP contribution >= 0.6 is 22.6 Å². The second-order valence-corrected chi connectivity index (χ2v) is 7.16. The number of nitrogens with one attached hydrogen (secondary N) is 1. The quantitative estimate of drug-likeness (QED) is 0.390. The van der Waals surface area contributed by atoms with Crippen LogP contribution in [-0.2, 0) is 14.3 Å². The molecule has 7 nitrogen and oxygen atoms in total. The molecule has 3 N–H and O–H groups in total. The van der Waals surface area contributed by atoms with Crippen LogP contribution < -0.4 is 5.32 Å². The van der Waals surface area contributed by atoms with Crippen molar-refractivity contribution in [3.05, 3.63) is 69.3 Å². The number of aryl methyl sites for hydroxylation is 1. The number of phenols is 1. The van der Waals surface area contributed by atoms with Crippen molar-refractivity contribution < 1.29 is 29.3 Å². The molecule has 0 aliphatic heterocycles. The molecule has 0 aliphatic rings. The molecule has 0 unspecified atom stereocenters. The zero-order chi connectivity index (χ0) is 20.7. The maximum absolute atomic E-state index is 12.4. The van der Waals surface area contributed by atoms with Crippen molar-refractivity contribution >= 4 is 40.3 Å². The number of aromatic hydroxyl groups is 1. The number of carbonyl (C=O) groups excluding carboxylic acids is 1. The van der Waals surface area contributed by atoms with Gasteiger partial charge < -0.3 is 19.7 Å². The van der Waals surface area contributed by atoms with E-state index >= 15 is 0 Å². The Kier molecular flexibility index (Phi) is 7.82. The lowest BCUT2D eigenvalue weighted by Gasteiger charge is -2.25. The molecule has 0 aliphatic carbocycles. The van der Waals surface area contributed by atoms with E-state index in [0.29, 0.717) is 11.3 Å². The molecule has 1 amide bonds. The van der Waals surface area contributed by atoms with Gasteiger partial charge in [-0.15, -0.1) is 0 Å². The van der Waals surface area contributed by atoms with Gasteiger partial charge in [0.1, 0.15) is 11.9 Å². The van der Waals surface area contributed by atoms with Crippen molar-refractivity contribution in [3.63, 3.8) is 0 Å². The van der Waals surface area contributed by atoms with Crippen LogP contribution in [0.3, 0.4) is 0 Å². The fourth-order valence-corrected chi connectivity index (χ4v) is 2.96. The first-order valence-corrected chi connectivity index (χ1v) is 9.34. The molecule has 0 fully saturated rings. The fraction of sp³-hybridized carbons (Fsp3) is 0.200. The standard InChI is InChI=1S/C20H20INO6/c1-12-3-6-14(7-4-12)22-20(26)28-19(17(27-2)9-10-18(24)25)15-11-13(21)5-8-16(15)23/h3-11,17,19,23H,1-2H3,(H,22,26)(H,24,25)/b10-9+/t17-,19-/m1/s1. The van der Waals surface area contributed by atoms with E-state index in [-0.39, 0.29) is 5.75 Å². The van der Waals surface area contributed by atoms with Crippen molar-refractivity contribution in [1.82, 2.24) is 0 Å². The van der Waals surface area contributed by atoms with Crippen LogP contribution in [0.15, 0.2) is 54.6 Å². The maximum Gasteiger partial charge on any atom is 0.412 e. The molecule has 28 heavy (non-hydrogen) atoms. The summed E-state index contributed by atoms with van der Waals surface area (Å²) in [5.41, 5.74) is 1.88. The molecule has 0 saturated carbocycles. The smallest absolute Gasteiger partial charge is 0.412 e. The Hall–Kier alpha value is -2.59. The predicted octanol–water partition coefficient (Wildman–Crippen LogP) is 4.25. The summed E-state index contributed by atoms with van der Waals surface area (Å²) in [5, 5.41) is 21.8. The number of aliphatic carboxylic acids is 1. The Balaban J connectivity index is 2.31. The van der Waals surface area contributed by atoms with Gasteiger partial charge in [0.25, 0.3) is 0 Å². The molecule has 2 aromatic carbocycles. The zero-order valence-corrected chi connectivity index (χ0v) is 17.4. The normalized spacial score (nSPS) is 13.1. The van der Waals surface area contributed by atoms with Gasteiger partial charge in [0.05, 0.1) is 0 Å².